The van der Waals surface area contributed by atoms with E-state index >= 15 is 0 Å². The summed E-state index contributed by atoms with van der Waals surface area (Å²) < 4.78 is 0. The lowest BCUT2D eigenvalue weighted by Crippen LogP contribution is -1.88. The average molecular weight is 311 g/mol. The van der Waals surface area contributed by atoms with Crippen LogP contribution in [0.4, 0.5) is 5.13 Å². The lowest BCUT2D eigenvalue weighted by molar-refractivity contribution is 0.450. The van der Waals surface area contributed by atoms with Gasteiger partial charge in [-0.25, -0.2) is 0 Å². The normalized spacial score (nSPS) is 11.5. The molecule has 1 heterocycles. The van der Waals surface area contributed by atoms with Crippen molar-refractivity contribution in [2.45, 2.75) is 0 Å². The van der Waals surface area contributed by atoms with Crippen LogP contribution < -0.4 is 5.73 Å². The van der Waals surface area contributed by atoms with Crippen LogP contribution in [0.3, 0.4) is 0 Å². The molecule has 0 saturated heterocycles. The van der Waals surface area contributed by atoms with Crippen LogP contribution in [0.25, 0.3) is 11.6 Å². The van der Waals surface area contributed by atoms with Crippen molar-refractivity contribution < 1.29 is 10.2 Å². The van der Waals surface area contributed by atoms with Crippen LogP contribution in [-0.4, -0.2) is 20.4 Å². The maximum atomic E-state index is 9.98. The van der Waals surface area contributed by atoms with E-state index in [1.54, 1.807) is 12.1 Å². The summed E-state index contributed by atoms with van der Waals surface area (Å²) in [5, 5.41) is 28.3. The molecule has 3 aromatic rings. The summed E-state index contributed by atoms with van der Waals surface area (Å²) >= 11 is 1.28. The Morgan fingerprint density at radius 2 is 1.82 bits per heavy atom. The number of benzene rings is 2. The second-order valence-electron chi connectivity index (χ2n) is 4.61. The van der Waals surface area contributed by atoms with E-state index in [2.05, 4.69) is 10.2 Å². The molecular formula is C16H13N3O2S. The highest BCUT2D eigenvalue weighted by atomic mass is 32.1. The molecule has 6 heteroatoms. The lowest BCUT2D eigenvalue weighted by atomic mass is 10.0. The Morgan fingerprint density at radius 1 is 1.05 bits per heavy atom. The van der Waals surface area contributed by atoms with Crippen molar-refractivity contribution in [3.63, 3.8) is 0 Å². The SMILES string of the molecule is Nc1nnc(/C(=C/c2ccc(O)cc2O)c2ccccc2)s1. The van der Waals surface area contributed by atoms with E-state index in [9.17, 15) is 10.2 Å². The van der Waals surface area contributed by atoms with Gasteiger partial charge in [0, 0.05) is 17.2 Å². The van der Waals surface area contributed by atoms with E-state index in [0.29, 0.717) is 15.7 Å². The molecule has 0 atom stereocenters. The van der Waals surface area contributed by atoms with Crippen LogP contribution >= 0.6 is 11.3 Å². The summed E-state index contributed by atoms with van der Waals surface area (Å²) in [6.45, 7) is 0. The summed E-state index contributed by atoms with van der Waals surface area (Å²) in [4.78, 5) is 0. The standard InChI is InChI=1S/C16H13N3O2S/c17-16-19-18-15(22-16)13(10-4-2-1-3-5-10)8-11-6-7-12(20)9-14(11)21/h1-9,20-21H,(H2,17,19)/b13-8+. The zero-order valence-electron chi connectivity index (χ0n) is 11.5. The van der Waals surface area contributed by atoms with Crippen molar-refractivity contribution in [1.29, 1.82) is 0 Å². The minimum atomic E-state index is -0.00841. The molecule has 2 aromatic carbocycles. The van der Waals surface area contributed by atoms with E-state index in [4.69, 9.17) is 5.73 Å². The number of anilines is 1. The van der Waals surface area contributed by atoms with Gasteiger partial charge in [0.2, 0.25) is 5.13 Å². The summed E-state index contributed by atoms with van der Waals surface area (Å²) in [5.74, 6) is 0.00184. The van der Waals surface area contributed by atoms with Crippen molar-refractivity contribution in [2.24, 2.45) is 0 Å². The number of aromatic nitrogens is 2. The first-order valence-corrected chi connectivity index (χ1v) is 7.33. The van der Waals surface area contributed by atoms with E-state index < -0.39 is 0 Å². The van der Waals surface area contributed by atoms with E-state index in [1.165, 1.54) is 23.5 Å². The van der Waals surface area contributed by atoms with Gasteiger partial charge in [-0.15, -0.1) is 10.2 Å². The number of nitrogens with two attached hydrogens (primary N) is 1. The van der Waals surface area contributed by atoms with Gasteiger partial charge in [-0.1, -0.05) is 41.7 Å². The summed E-state index contributed by atoms with van der Waals surface area (Å²) in [5.41, 5.74) is 7.99. The molecule has 4 N–H and O–H groups in total. The molecule has 0 aliphatic heterocycles. The molecule has 0 aliphatic rings. The Morgan fingerprint density at radius 3 is 2.45 bits per heavy atom. The Labute approximate surface area is 131 Å². The quantitative estimate of drug-likeness (QED) is 0.646. The first-order chi connectivity index (χ1) is 10.6. The van der Waals surface area contributed by atoms with Crippen molar-refractivity contribution >= 4 is 28.1 Å². The molecule has 0 amide bonds. The highest BCUT2D eigenvalue weighted by Gasteiger charge is 2.12. The molecule has 3 rings (SSSR count). The number of phenols is 2. The van der Waals surface area contributed by atoms with Crippen LogP contribution in [-0.2, 0) is 0 Å². The van der Waals surface area contributed by atoms with E-state index in [0.717, 1.165) is 11.1 Å². The Balaban J connectivity index is 2.15. The van der Waals surface area contributed by atoms with Crippen LogP contribution in [0, 0.1) is 0 Å². The fourth-order valence-corrected chi connectivity index (χ4v) is 2.69. The van der Waals surface area contributed by atoms with Crippen LogP contribution in [0.1, 0.15) is 16.1 Å². The highest BCUT2D eigenvalue weighted by molar-refractivity contribution is 7.16. The third-order valence-electron chi connectivity index (χ3n) is 3.07. The molecule has 0 saturated carbocycles. The predicted molar refractivity (Wildman–Crippen MR) is 87.5 cm³/mol. The zero-order valence-corrected chi connectivity index (χ0v) is 12.3. The molecule has 0 unspecified atom stereocenters. The van der Waals surface area contributed by atoms with E-state index in [1.807, 2.05) is 30.3 Å². The number of nitrogens with zero attached hydrogens (tertiary/aromatic N) is 2. The number of aromatic hydroxyl groups is 2. The van der Waals surface area contributed by atoms with Crippen molar-refractivity contribution in [2.75, 3.05) is 5.73 Å². The molecule has 0 spiro atoms. The third-order valence-corrected chi connectivity index (χ3v) is 3.86. The molecule has 5 nitrogen and oxygen atoms in total. The highest BCUT2D eigenvalue weighted by Crippen LogP contribution is 2.32. The monoisotopic (exact) mass is 311 g/mol. The largest absolute Gasteiger partial charge is 0.508 e. The molecule has 0 fully saturated rings. The molecule has 1 aromatic heterocycles. The number of hydrogen-bond donors (Lipinski definition) is 3. The second kappa shape index (κ2) is 5.87. The molecule has 0 aliphatic carbocycles. The summed E-state index contributed by atoms with van der Waals surface area (Å²) in [6.07, 6.45) is 1.80. The number of hydrogen-bond acceptors (Lipinski definition) is 6. The maximum absolute atomic E-state index is 9.98. The number of nitrogen functional groups attached to an aromatic ring is 1. The second-order valence-corrected chi connectivity index (χ2v) is 5.62. The minimum Gasteiger partial charge on any atom is -0.508 e. The van der Waals surface area contributed by atoms with Gasteiger partial charge in [-0.2, -0.15) is 0 Å². The van der Waals surface area contributed by atoms with Gasteiger partial charge in [-0.05, 0) is 23.8 Å². The lowest BCUT2D eigenvalue weighted by Gasteiger charge is -2.06. The van der Waals surface area contributed by atoms with Gasteiger partial charge >= 0.3 is 0 Å². The topological polar surface area (TPSA) is 92.3 Å². The van der Waals surface area contributed by atoms with E-state index in [-0.39, 0.29) is 11.5 Å². The smallest absolute Gasteiger partial charge is 0.203 e. The van der Waals surface area contributed by atoms with Crippen LogP contribution in [0.2, 0.25) is 0 Å². The Bertz CT molecular complexity index is 828. The molecular weight excluding hydrogens is 298 g/mol. The van der Waals surface area contributed by atoms with Crippen molar-refractivity contribution in [1.82, 2.24) is 10.2 Å². The fourth-order valence-electron chi connectivity index (χ4n) is 2.04. The third kappa shape index (κ3) is 2.91. The van der Waals surface area contributed by atoms with Crippen LogP contribution in [0.15, 0.2) is 48.5 Å². The summed E-state index contributed by atoms with van der Waals surface area (Å²) in [7, 11) is 0. The zero-order chi connectivity index (χ0) is 15.5. The number of rotatable bonds is 3. The predicted octanol–water partition coefficient (Wildman–Crippen LogP) is 3.12. The Hall–Kier alpha value is -2.86. The van der Waals surface area contributed by atoms with Gasteiger partial charge in [0.05, 0.1) is 0 Å². The van der Waals surface area contributed by atoms with Crippen molar-refractivity contribution in [3.05, 3.63) is 64.7 Å². The molecule has 110 valence electrons. The first kappa shape index (κ1) is 14.1. The fraction of sp³-hybridized carbons (Fsp3) is 0. The van der Waals surface area contributed by atoms with Gasteiger partial charge in [0.1, 0.15) is 16.5 Å². The maximum Gasteiger partial charge on any atom is 0.203 e. The minimum absolute atomic E-state index is 0.00841. The van der Waals surface area contributed by atoms with Gasteiger partial charge in [0.25, 0.3) is 0 Å². The molecule has 0 bridgehead atoms. The molecule has 22 heavy (non-hydrogen) atoms. The number of phenolic OH excluding ortho intramolecular Hbond substituents is 2. The van der Waals surface area contributed by atoms with Gasteiger partial charge in [-0.3, -0.25) is 0 Å². The Kier molecular flexibility index (Phi) is 3.76. The van der Waals surface area contributed by atoms with Gasteiger partial charge in [0.15, 0.2) is 0 Å². The first-order valence-electron chi connectivity index (χ1n) is 6.52. The van der Waals surface area contributed by atoms with Crippen molar-refractivity contribution in [3.8, 4) is 11.5 Å². The van der Waals surface area contributed by atoms with Gasteiger partial charge < -0.3 is 15.9 Å². The van der Waals surface area contributed by atoms with Crippen LogP contribution in [0.5, 0.6) is 11.5 Å². The average Bonchev–Trinajstić information content (AvgIpc) is 2.94. The molecule has 0 radical (unpaired) electrons. The summed E-state index contributed by atoms with van der Waals surface area (Å²) in [6, 6.07) is 14.1.